The lowest BCUT2D eigenvalue weighted by Gasteiger charge is -2.35. The number of carbonyl (C=O) groups is 1. The molecule has 1 fully saturated rings. The van der Waals surface area contributed by atoms with E-state index in [1.807, 2.05) is 18.7 Å². The SMILES string of the molecule is CCCCN1CCCCNC(C)(C)C1=O. The van der Waals surface area contributed by atoms with Crippen molar-refractivity contribution in [3.63, 3.8) is 0 Å². The van der Waals surface area contributed by atoms with E-state index in [1.165, 1.54) is 6.42 Å². The second kappa shape index (κ2) is 5.50. The third-order valence-electron chi connectivity index (χ3n) is 3.03. The molecule has 1 rings (SSSR count). The van der Waals surface area contributed by atoms with E-state index in [4.69, 9.17) is 0 Å². The Kier molecular flexibility index (Phi) is 4.58. The van der Waals surface area contributed by atoms with Gasteiger partial charge in [-0.25, -0.2) is 0 Å². The van der Waals surface area contributed by atoms with Crippen LogP contribution in [0, 0.1) is 0 Å². The molecule has 0 unspecified atom stereocenters. The second-order valence-corrected chi connectivity index (χ2v) is 4.90. The van der Waals surface area contributed by atoms with E-state index in [2.05, 4.69) is 12.2 Å². The summed E-state index contributed by atoms with van der Waals surface area (Å²) in [6, 6.07) is 0. The van der Waals surface area contributed by atoms with Crippen LogP contribution in [0.15, 0.2) is 0 Å². The van der Waals surface area contributed by atoms with Crippen LogP contribution in [-0.2, 0) is 4.79 Å². The molecule has 1 aliphatic heterocycles. The molecule has 0 aromatic rings. The summed E-state index contributed by atoms with van der Waals surface area (Å²) in [5.74, 6) is 0.260. The molecule has 0 atom stereocenters. The summed E-state index contributed by atoms with van der Waals surface area (Å²) in [6.45, 7) is 8.95. The van der Waals surface area contributed by atoms with Crippen LogP contribution in [0.1, 0.15) is 46.5 Å². The Labute approximate surface area is 93.2 Å². The molecule has 0 aromatic carbocycles. The van der Waals surface area contributed by atoms with Gasteiger partial charge >= 0.3 is 0 Å². The fraction of sp³-hybridized carbons (Fsp3) is 0.917. The maximum atomic E-state index is 12.2. The lowest BCUT2D eigenvalue weighted by Crippen LogP contribution is -2.56. The number of unbranched alkanes of at least 4 members (excludes halogenated alkanes) is 1. The molecule has 15 heavy (non-hydrogen) atoms. The van der Waals surface area contributed by atoms with E-state index in [9.17, 15) is 4.79 Å². The molecule has 1 amide bonds. The highest BCUT2D eigenvalue weighted by molar-refractivity contribution is 5.85. The Balaban J connectivity index is 2.61. The van der Waals surface area contributed by atoms with Crippen LogP contribution in [0.3, 0.4) is 0 Å². The number of rotatable bonds is 3. The monoisotopic (exact) mass is 212 g/mol. The molecule has 1 heterocycles. The minimum Gasteiger partial charge on any atom is -0.341 e. The normalized spacial score (nSPS) is 22.3. The quantitative estimate of drug-likeness (QED) is 0.773. The van der Waals surface area contributed by atoms with Gasteiger partial charge in [0, 0.05) is 13.1 Å². The van der Waals surface area contributed by atoms with Crippen LogP contribution in [0.25, 0.3) is 0 Å². The molecule has 1 saturated heterocycles. The van der Waals surface area contributed by atoms with Crippen molar-refractivity contribution >= 4 is 5.91 Å². The summed E-state index contributed by atoms with van der Waals surface area (Å²) in [7, 11) is 0. The molecule has 3 heteroatoms. The van der Waals surface area contributed by atoms with Crippen molar-refractivity contribution in [2.24, 2.45) is 0 Å². The average Bonchev–Trinajstić information content (AvgIpc) is 2.19. The Morgan fingerprint density at radius 1 is 1.40 bits per heavy atom. The van der Waals surface area contributed by atoms with Gasteiger partial charge in [-0.15, -0.1) is 0 Å². The van der Waals surface area contributed by atoms with Gasteiger partial charge in [0.15, 0.2) is 0 Å². The van der Waals surface area contributed by atoms with Gasteiger partial charge in [0.25, 0.3) is 0 Å². The smallest absolute Gasteiger partial charge is 0.242 e. The highest BCUT2D eigenvalue weighted by Gasteiger charge is 2.31. The topological polar surface area (TPSA) is 32.3 Å². The highest BCUT2D eigenvalue weighted by atomic mass is 16.2. The van der Waals surface area contributed by atoms with Crippen LogP contribution in [0.2, 0.25) is 0 Å². The van der Waals surface area contributed by atoms with E-state index in [1.54, 1.807) is 0 Å². The maximum absolute atomic E-state index is 12.2. The molecule has 0 radical (unpaired) electrons. The Morgan fingerprint density at radius 3 is 2.80 bits per heavy atom. The summed E-state index contributed by atoms with van der Waals surface area (Å²) in [6.07, 6.45) is 4.55. The summed E-state index contributed by atoms with van der Waals surface area (Å²) < 4.78 is 0. The van der Waals surface area contributed by atoms with Crippen LogP contribution in [-0.4, -0.2) is 36.0 Å². The number of hydrogen-bond acceptors (Lipinski definition) is 2. The van der Waals surface area contributed by atoms with Gasteiger partial charge in [0.1, 0.15) is 0 Å². The molecular formula is C12H24N2O. The zero-order valence-electron chi connectivity index (χ0n) is 10.3. The van der Waals surface area contributed by atoms with Crippen molar-refractivity contribution in [1.29, 1.82) is 0 Å². The standard InChI is InChI=1S/C12H24N2O/c1-4-5-9-14-10-7-6-8-13-12(2,3)11(14)15/h13H,4-10H2,1-3H3. The largest absolute Gasteiger partial charge is 0.341 e. The van der Waals surface area contributed by atoms with Gasteiger partial charge in [-0.2, -0.15) is 0 Å². The Hall–Kier alpha value is -0.570. The summed E-state index contributed by atoms with van der Waals surface area (Å²) in [5.41, 5.74) is -0.381. The van der Waals surface area contributed by atoms with Gasteiger partial charge in [-0.1, -0.05) is 13.3 Å². The molecule has 1 aliphatic rings. The predicted molar refractivity (Wildman–Crippen MR) is 62.8 cm³/mol. The first-order chi connectivity index (χ1) is 7.08. The Morgan fingerprint density at radius 2 is 2.13 bits per heavy atom. The number of carbonyl (C=O) groups excluding carboxylic acids is 1. The van der Waals surface area contributed by atoms with Crippen LogP contribution >= 0.6 is 0 Å². The first-order valence-corrected chi connectivity index (χ1v) is 6.12. The van der Waals surface area contributed by atoms with Gasteiger partial charge in [0.05, 0.1) is 5.54 Å². The second-order valence-electron chi connectivity index (χ2n) is 4.90. The first kappa shape index (κ1) is 12.5. The van der Waals surface area contributed by atoms with E-state index >= 15 is 0 Å². The molecule has 1 N–H and O–H groups in total. The predicted octanol–water partition coefficient (Wildman–Crippen LogP) is 1.78. The van der Waals surface area contributed by atoms with E-state index in [0.29, 0.717) is 0 Å². The third-order valence-corrected chi connectivity index (χ3v) is 3.03. The van der Waals surface area contributed by atoms with E-state index in [-0.39, 0.29) is 11.4 Å². The molecule has 0 spiro atoms. The van der Waals surface area contributed by atoms with Crippen LogP contribution in [0.4, 0.5) is 0 Å². The summed E-state index contributed by atoms with van der Waals surface area (Å²) in [5, 5.41) is 3.33. The van der Waals surface area contributed by atoms with Gasteiger partial charge in [-0.3, -0.25) is 4.79 Å². The fourth-order valence-corrected chi connectivity index (χ4v) is 1.96. The van der Waals surface area contributed by atoms with E-state index in [0.717, 1.165) is 38.9 Å². The lowest BCUT2D eigenvalue weighted by molar-refractivity contribution is -0.137. The number of nitrogens with zero attached hydrogens (tertiary/aromatic N) is 1. The van der Waals surface area contributed by atoms with Crippen molar-refractivity contribution in [2.75, 3.05) is 19.6 Å². The van der Waals surface area contributed by atoms with Crippen molar-refractivity contribution in [2.45, 2.75) is 52.0 Å². The lowest BCUT2D eigenvalue weighted by atomic mass is 10.0. The van der Waals surface area contributed by atoms with Crippen LogP contribution < -0.4 is 5.32 Å². The third kappa shape index (κ3) is 3.49. The molecule has 88 valence electrons. The van der Waals surface area contributed by atoms with Gasteiger partial charge in [-0.05, 0) is 39.7 Å². The minimum atomic E-state index is -0.381. The average molecular weight is 212 g/mol. The van der Waals surface area contributed by atoms with Crippen LogP contribution in [0.5, 0.6) is 0 Å². The fourth-order valence-electron chi connectivity index (χ4n) is 1.96. The molecule has 0 aromatic heterocycles. The number of amides is 1. The van der Waals surface area contributed by atoms with Crippen molar-refractivity contribution < 1.29 is 4.79 Å². The Bertz CT molecular complexity index is 212. The minimum absolute atomic E-state index is 0.260. The molecule has 0 aliphatic carbocycles. The zero-order chi connectivity index (χ0) is 11.3. The highest BCUT2D eigenvalue weighted by Crippen LogP contribution is 2.13. The van der Waals surface area contributed by atoms with Crippen molar-refractivity contribution in [3.8, 4) is 0 Å². The van der Waals surface area contributed by atoms with Gasteiger partial charge in [0.2, 0.25) is 5.91 Å². The first-order valence-electron chi connectivity index (χ1n) is 6.12. The molecular weight excluding hydrogens is 188 g/mol. The van der Waals surface area contributed by atoms with E-state index < -0.39 is 0 Å². The summed E-state index contributed by atoms with van der Waals surface area (Å²) >= 11 is 0. The molecule has 0 saturated carbocycles. The summed E-state index contributed by atoms with van der Waals surface area (Å²) in [4.78, 5) is 14.2. The molecule has 0 bridgehead atoms. The number of hydrogen-bond donors (Lipinski definition) is 1. The van der Waals surface area contributed by atoms with Crippen molar-refractivity contribution in [3.05, 3.63) is 0 Å². The van der Waals surface area contributed by atoms with Crippen molar-refractivity contribution in [1.82, 2.24) is 10.2 Å². The van der Waals surface area contributed by atoms with Gasteiger partial charge < -0.3 is 10.2 Å². The number of nitrogens with one attached hydrogen (secondary N) is 1. The molecule has 3 nitrogen and oxygen atoms in total. The zero-order valence-corrected chi connectivity index (χ0v) is 10.3. The maximum Gasteiger partial charge on any atom is 0.242 e.